The third-order valence-electron chi connectivity index (χ3n) is 2.13. The summed E-state index contributed by atoms with van der Waals surface area (Å²) in [6.07, 6.45) is 0. The summed E-state index contributed by atoms with van der Waals surface area (Å²) in [6, 6.07) is 5.67. The zero-order valence-electron chi connectivity index (χ0n) is 8.97. The third kappa shape index (κ3) is 2.20. The van der Waals surface area contributed by atoms with E-state index in [9.17, 15) is 15.0 Å². The van der Waals surface area contributed by atoms with Gasteiger partial charge < -0.3 is 20.1 Å². The summed E-state index contributed by atoms with van der Waals surface area (Å²) in [6.45, 7) is 1.69. The van der Waals surface area contributed by atoms with Crippen LogP contribution in [0.5, 0.6) is 11.5 Å². The molecule has 1 heterocycles. The number of benzene rings is 1. The van der Waals surface area contributed by atoms with E-state index < -0.39 is 11.7 Å². The highest BCUT2D eigenvalue weighted by atomic mass is 16.5. The van der Waals surface area contributed by atoms with Crippen molar-refractivity contribution in [3.63, 3.8) is 0 Å². The first-order valence-electron chi connectivity index (χ1n) is 4.83. The van der Waals surface area contributed by atoms with Crippen LogP contribution in [0.1, 0.15) is 16.1 Å². The minimum atomic E-state index is -0.577. The van der Waals surface area contributed by atoms with Gasteiger partial charge in [-0.15, -0.1) is 0 Å². The van der Waals surface area contributed by atoms with Crippen LogP contribution < -0.4 is 5.32 Å². The molecule has 0 saturated heterocycles. The number of hydrogen-bond acceptors (Lipinski definition) is 5. The van der Waals surface area contributed by atoms with E-state index in [4.69, 9.17) is 4.52 Å². The number of hydrogen-bond donors (Lipinski definition) is 3. The molecule has 1 aromatic heterocycles. The maximum atomic E-state index is 11.7. The highest BCUT2D eigenvalue weighted by molar-refractivity contribution is 6.06. The summed E-state index contributed by atoms with van der Waals surface area (Å²) >= 11 is 0. The van der Waals surface area contributed by atoms with Crippen molar-refractivity contribution >= 4 is 11.7 Å². The standard InChI is InChI=1S/C11H10N2O4/c1-6-5-9(13-17-6)12-11(16)7-3-2-4-8(14)10(7)15/h2-5,14-15H,1H3,(H,12,13,16). The number of carbonyl (C=O) groups excluding carboxylic acids is 1. The van der Waals surface area contributed by atoms with E-state index in [-0.39, 0.29) is 17.1 Å². The van der Waals surface area contributed by atoms with Crippen molar-refractivity contribution in [2.24, 2.45) is 0 Å². The molecule has 0 aliphatic rings. The number of phenols is 2. The summed E-state index contributed by atoms with van der Waals surface area (Å²) in [7, 11) is 0. The fraction of sp³-hybridized carbons (Fsp3) is 0.0909. The van der Waals surface area contributed by atoms with Crippen LogP contribution >= 0.6 is 0 Å². The summed E-state index contributed by atoms with van der Waals surface area (Å²) in [5.41, 5.74) is -0.0364. The van der Waals surface area contributed by atoms with Gasteiger partial charge in [-0.3, -0.25) is 4.79 Å². The van der Waals surface area contributed by atoms with Gasteiger partial charge in [-0.1, -0.05) is 11.2 Å². The lowest BCUT2D eigenvalue weighted by atomic mass is 10.1. The van der Waals surface area contributed by atoms with Gasteiger partial charge in [0.25, 0.3) is 5.91 Å². The van der Waals surface area contributed by atoms with E-state index >= 15 is 0 Å². The molecule has 0 atom stereocenters. The average Bonchev–Trinajstić information content (AvgIpc) is 2.68. The molecule has 0 radical (unpaired) electrons. The highest BCUT2D eigenvalue weighted by Gasteiger charge is 2.15. The van der Waals surface area contributed by atoms with Crippen LogP contribution in [0, 0.1) is 6.92 Å². The molecule has 88 valence electrons. The fourth-order valence-corrected chi connectivity index (χ4v) is 1.32. The van der Waals surface area contributed by atoms with Gasteiger partial charge in [0.2, 0.25) is 0 Å². The average molecular weight is 234 g/mol. The smallest absolute Gasteiger partial charge is 0.260 e. The first kappa shape index (κ1) is 11.0. The molecule has 0 aliphatic carbocycles. The Labute approximate surface area is 96.5 Å². The Morgan fingerprint density at radius 2 is 2.18 bits per heavy atom. The largest absolute Gasteiger partial charge is 0.504 e. The second-order valence-corrected chi connectivity index (χ2v) is 3.45. The van der Waals surface area contributed by atoms with Gasteiger partial charge in [-0.05, 0) is 19.1 Å². The molecule has 1 aromatic carbocycles. The van der Waals surface area contributed by atoms with Crippen molar-refractivity contribution < 1.29 is 19.5 Å². The summed E-state index contributed by atoms with van der Waals surface area (Å²) in [4.78, 5) is 11.7. The van der Waals surface area contributed by atoms with Gasteiger partial charge in [0.1, 0.15) is 5.76 Å². The number of para-hydroxylation sites is 1. The second kappa shape index (κ2) is 4.17. The summed E-state index contributed by atoms with van der Waals surface area (Å²) in [5.74, 6) is -0.596. The lowest BCUT2D eigenvalue weighted by molar-refractivity contribution is 0.102. The highest BCUT2D eigenvalue weighted by Crippen LogP contribution is 2.28. The van der Waals surface area contributed by atoms with Crippen molar-refractivity contribution in [1.82, 2.24) is 5.16 Å². The minimum Gasteiger partial charge on any atom is -0.504 e. The lowest BCUT2D eigenvalue weighted by Gasteiger charge is -2.04. The number of nitrogens with zero attached hydrogens (tertiary/aromatic N) is 1. The molecule has 0 fully saturated rings. The van der Waals surface area contributed by atoms with E-state index in [0.29, 0.717) is 5.76 Å². The quantitative estimate of drug-likeness (QED) is 0.686. The van der Waals surface area contributed by atoms with Crippen LogP contribution in [-0.2, 0) is 0 Å². The van der Waals surface area contributed by atoms with Crippen molar-refractivity contribution in [3.05, 3.63) is 35.6 Å². The molecule has 6 nitrogen and oxygen atoms in total. The van der Waals surface area contributed by atoms with Crippen LogP contribution in [0.25, 0.3) is 0 Å². The number of carbonyl (C=O) groups is 1. The predicted octanol–water partition coefficient (Wildman–Crippen LogP) is 1.65. The van der Waals surface area contributed by atoms with Gasteiger partial charge in [-0.25, -0.2) is 0 Å². The van der Waals surface area contributed by atoms with Crippen molar-refractivity contribution in [2.45, 2.75) is 6.92 Å². The van der Waals surface area contributed by atoms with Crippen LogP contribution in [0.4, 0.5) is 5.82 Å². The van der Waals surface area contributed by atoms with Gasteiger partial charge in [-0.2, -0.15) is 0 Å². The molecule has 2 aromatic rings. The Bertz CT molecular complexity index is 562. The molecule has 0 saturated carbocycles. The van der Waals surface area contributed by atoms with E-state index in [2.05, 4.69) is 10.5 Å². The number of aryl methyl sites for hydroxylation is 1. The maximum absolute atomic E-state index is 11.7. The molecular formula is C11H10N2O4. The molecule has 0 bridgehead atoms. The van der Waals surface area contributed by atoms with E-state index in [1.165, 1.54) is 24.3 Å². The SMILES string of the molecule is Cc1cc(NC(=O)c2cccc(O)c2O)no1. The fourth-order valence-electron chi connectivity index (χ4n) is 1.32. The van der Waals surface area contributed by atoms with Crippen molar-refractivity contribution in [3.8, 4) is 11.5 Å². The number of aromatic hydroxyl groups is 2. The number of phenolic OH excluding ortho intramolecular Hbond substituents is 2. The minimum absolute atomic E-state index is 0.0364. The number of anilines is 1. The van der Waals surface area contributed by atoms with E-state index in [1.54, 1.807) is 6.92 Å². The van der Waals surface area contributed by atoms with Gasteiger partial charge in [0.15, 0.2) is 17.3 Å². The molecule has 1 amide bonds. The van der Waals surface area contributed by atoms with Crippen LogP contribution in [0.2, 0.25) is 0 Å². The Morgan fingerprint density at radius 1 is 1.41 bits per heavy atom. The molecule has 2 rings (SSSR count). The number of amides is 1. The summed E-state index contributed by atoms with van der Waals surface area (Å²) in [5, 5.41) is 24.8. The van der Waals surface area contributed by atoms with Gasteiger partial charge in [0.05, 0.1) is 5.56 Å². The maximum Gasteiger partial charge on any atom is 0.260 e. The molecule has 0 spiro atoms. The monoisotopic (exact) mass is 234 g/mol. The predicted molar refractivity (Wildman–Crippen MR) is 59.0 cm³/mol. The molecule has 6 heteroatoms. The molecular weight excluding hydrogens is 224 g/mol. The van der Waals surface area contributed by atoms with Gasteiger partial charge >= 0.3 is 0 Å². The van der Waals surface area contributed by atoms with Crippen LogP contribution in [0.15, 0.2) is 28.8 Å². The Kier molecular flexibility index (Phi) is 2.70. The van der Waals surface area contributed by atoms with Crippen molar-refractivity contribution in [2.75, 3.05) is 5.32 Å². The topological polar surface area (TPSA) is 95.6 Å². The van der Waals surface area contributed by atoms with E-state index in [0.717, 1.165) is 0 Å². The lowest BCUT2D eigenvalue weighted by Crippen LogP contribution is -2.12. The Hall–Kier alpha value is -2.50. The van der Waals surface area contributed by atoms with Crippen molar-refractivity contribution in [1.29, 1.82) is 0 Å². The number of rotatable bonds is 2. The molecule has 17 heavy (non-hydrogen) atoms. The first-order chi connectivity index (χ1) is 8.08. The number of aromatic nitrogens is 1. The Balaban J connectivity index is 2.23. The van der Waals surface area contributed by atoms with E-state index in [1.807, 2.05) is 0 Å². The Morgan fingerprint density at radius 3 is 2.82 bits per heavy atom. The molecule has 3 N–H and O–H groups in total. The van der Waals surface area contributed by atoms with Gasteiger partial charge in [0, 0.05) is 6.07 Å². The molecule has 0 unspecified atom stereocenters. The summed E-state index contributed by atoms with van der Waals surface area (Å²) < 4.78 is 4.78. The zero-order chi connectivity index (χ0) is 12.4. The van der Waals surface area contributed by atoms with Crippen LogP contribution in [0.3, 0.4) is 0 Å². The normalized spacial score (nSPS) is 10.2. The second-order valence-electron chi connectivity index (χ2n) is 3.45. The first-order valence-corrected chi connectivity index (χ1v) is 4.83. The number of nitrogens with one attached hydrogen (secondary N) is 1. The molecule has 0 aliphatic heterocycles. The zero-order valence-corrected chi connectivity index (χ0v) is 8.97. The third-order valence-corrected chi connectivity index (χ3v) is 2.13. The van der Waals surface area contributed by atoms with Crippen LogP contribution in [-0.4, -0.2) is 21.3 Å².